The van der Waals surface area contributed by atoms with Crippen molar-refractivity contribution in [3.8, 4) is 0 Å². The van der Waals surface area contributed by atoms with Crippen molar-refractivity contribution in [3.63, 3.8) is 0 Å². The van der Waals surface area contributed by atoms with Crippen LogP contribution in [0.5, 0.6) is 0 Å². The molecule has 0 saturated heterocycles. The van der Waals surface area contributed by atoms with Crippen molar-refractivity contribution in [2.24, 2.45) is 5.73 Å². The zero-order valence-corrected chi connectivity index (χ0v) is 7.47. The largest absolute Gasteiger partial charge is 0.369 e. The Morgan fingerprint density at radius 3 is 3.00 bits per heavy atom. The van der Waals surface area contributed by atoms with Crippen molar-refractivity contribution in [1.82, 2.24) is 10.2 Å². The molecule has 0 radical (unpaired) electrons. The minimum Gasteiger partial charge on any atom is -0.369 e. The molecule has 0 atom stereocenters. The molecule has 0 saturated carbocycles. The van der Waals surface area contributed by atoms with Crippen LogP contribution in [0.4, 0.5) is 0 Å². The van der Waals surface area contributed by atoms with Gasteiger partial charge in [-0.15, -0.1) is 0 Å². The Morgan fingerprint density at radius 2 is 2.23 bits per heavy atom. The van der Waals surface area contributed by atoms with E-state index in [1.807, 2.05) is 0 Å². The summed E-state index contributed by atoms with van der Waals surface area (Å²) in [6.07, 6.45) is 4.77. The first-order valence-electron chi connectivity index (χ1n) is 4.60. The van der Waals surface area contributed by atoms with E-state index in [-0.39, 0.29) is 12.3 Å². The van der Waals surface area contributed by atoms with Gasteiger partial charge in [0, 0.05) is 5.69 Å². The zero-order valence-electron chi connectivity index (χ0n) is 7.47. The highest BCUT2D eigenvalue weighted by atomic mass is 16.1. The van der Waals surface area contributed by atoms with Crippen molar-refractivity contribution < 1.29 is 4.79 Å². The first-order valence-corrected chi connectivity index (χ1v) is 4.60. The Bertz CT molecular complexity index is 330. The number of hydrogen-bond donors (Lipinski definition) is 2. The van der Waals surface area contributed by atoms with Crippen LogP contribution < -0.4 is 5.73 Å². The van der Waals surface area contributed by atoms with Crippen molar-refractivity contribution in [3.05, 3.63) is 17.0 Å². The predicted molar refractivity (Wildman–Crippen MR) is 48.1 cm³/mol. The number of hydrogen-bond acceptors (Lipinski definition) is 2. The van der Waals surface area contributed by atoms with Gasteiger partial charge in [-0.25, -0.2) is 0 Å². The smallest absolute Gasteiger partial charge is 0.223 e. The Labute approximate surface area is 76.5 Å². The molecule has 1 aliphatic rings. The third-order valence-corrected chi connectivity index (χ3v) is 2.48. The molecule has 0 aromatic carbocycles. The van der Waals surface area contributed by atoms with E-state index >= 15 is 0 Å². The quantitative estimate of drug-likeness (QED) is 0.686. The maximum absolute atomic E-state index is 10.7. The summed E-state index contributed by atoms with van der Waals surface area (Å²) in [6.45, 7) is 0. The number of aryl methyl sites for hydroxylation is 1. The van der Waals surface area contributed by atoms with Crippen LogP contribution in [0.15, 0.2) is 0 Å². The number of aromatic amines is 1. The number of amides is 1. The van der Waals surface area contributed by atoms with Crippen LogP contribution in [0.25, 0.3) is 0 Å². The number of aromatic nitrogens is 2. The van der Waals surface area contributed by atoms with E-state index < -0.39 is 0 Å². The van der Waals surface area contributed by atoms with Gasteiger partial charge in [-0.3, -0.25) is 9.89 Å². The molecule has 1 amide bonds. The number of nitrogens with zero attached hydrogens (tertiary/aromatic N) is 1. The molecule has 1 aromatic heterocycles. The number of carbonyl (C=O) groups excluding carboxylic acids is 1. The fraction of sp³-hybridized carbons (Fsp3) is 0.556. The van der Waals surface area contributed by atoms with Crippen LogP contribution in [-0.4, -0.2) is 16.1 Å². The molecule has 70 valence electrons. The van der Waals surface area contributed by atoms with E-state index in [0.29, 0.717) is 0 Å². The number of primary amides is 1. The highest BCUT2D eigenvalue weighted by Crippen LogP contribution is 2.22. The van der Waals surface area contributed by atoms with Crippen LogP contribution in [0.1, 0.15) is 29.8 Å². The molecule has 4 nitrogen and oxygen atoms in total. The summed E-state index contributed by atoms with van der Waals surface area (Å²) in [5, 5.41) is 7.09. The highest BCUT2D eigenvalue weighted by molar-refractivity contribution is 5.76. The second kappa shape index (κ2) is 3.20. The van der Waals surface area contributed by atoms with Gasteiger partial charge in [0.1, 0.15) is 0 Å². The molecule has 1 aromatic rings. The van der Waals surface area contributed by atoms with Crippen molar-refractivity contribution in [2.75, 3.05) is 0 Å². The molecular formula is C9H13N3O. The molecule has 1 aliphatic carbocycles. The number of carbonyl (C=O) groups is 1. The number of nitrogens with one attached hydrogen (secondary N) is 1. The van der Waals surface area contributed by atoms with E-state index in [1.54, 1.807) is 0 Å². The lowest BCUT2D eigenvalue weighted by Crippen LogP contribution is -2.15. The molecule has 2 rings (SSSR count). The molecule has 0 unspecified atom stereocenters. The Morgan fingerprint density at radius 1 is 1.46 bits per heavy atom. The second-order valence-corrected chi connectivity index (χ2v) is 3.48. The van der Waals surface area contributed by atoms with E-state index in [2.05, 4.69) is 10.2 Å². The summed E-state index contributed by atoms with van der Waals surface area (Å²) in [5.74, 6) is -0.306. The average molecular weight is 179 g/mol. The van der Waals surface area contributed by atoms with Gasteiger partial charge in [0.05, 0.1) is 12.1 Å². The molecule has 1 heterocycles. The van der Waals surface area contributed by atoms with Crippen LogP contribution >= 0.6 is 0 Å². The van der Waals surface area contributed by atoms with Crippen LogP contribution in [0.3, 0.4) is 0 Å². The summed E-state index contributed by atoms with van der Waals surface area (Å²) < 4.78 is 0. The molecule has 0 bridgehead atoms. The minimum absolute atomic E-state index is 0.270. The normalized spacial score (nSPS) is 15.4. The number of H-pyrrole nitrogens is 1. The molecule has 0 fully saturated rings. The van der Waals surface area contributed by atoms with Gasteiger partial charge >= 0.3 is 0 Å². The average Bonchev–Trinajstić information content (AvgIpc) is 2.48. The number of nitrogens with two attached hydrogens (primary N) is 1. The van der Waals surface area contributed by atoms with E-state index in [0.717, 1.165) is 18.5 Å². The fourth-order valence-electron chi connectivity index (χ4n) is 1.86. The van der Waals surface area contributed by atoms with Crippen LogP contribution in [0.2, 0.25) is 0 Å². The fourth-order valence-corrected chi connectivity index (χ4v) is 1.86. The summed E-state index contributed by atoms with van der Waals surface area (Å²) in [5.41, 5.74) is 8.40. The predicted octanol–water partition coefficient (Wildman–Crippen LogP) is 0.316. The highest BCUT2D eigenvalue weighted by Gasteiger charge is 2.17. The Hall–Kier alpha value is -1.32. The van der Waals surface area contributed by atoms with Gasteiger partial charge < -0.3 is 5.73 Å². The lowest BCUT2D eigenvalue weighted by Gasteiger charge is -2.10. The lowest BCUT2D eigenvalue weighted by atomic mass is 9.95. The van der Waals surface area contributed by atoms with Crippen molar-refractivity contribution >= 4 is 5.91 Å². The lowest BCUT2D eigenvalue weighted by molar-refractivity contribution is -0.117. The summed E-state index contributed by atoms with van der Waals surface area (Å²) in [4.78, 5) is 10.7. The third kappa shape index (κ3) is 1.56. The van der Waals surface area contributed by atoms with E-state index in [9.17, 15) is 4.79 Å². The molecule has 0 aliphatic heterocycles. The van der Waals surface area contributed by atoms with Gasteiger partial charge in [-0.2, -0.15) is 5.10 Å². The van der Waals surface area contributed by atoms with E-state index in [1.165, 1.54) is 24.1 Å². The maximum Gasteiger partial charge on any atom is 0.223 e. The van der Waals surface area contributed by atoms with Crippen molar-refractivity contribution in [1.29, 1.82) is 0 Å². The Kier molecular flexibility index (Phi) is 2.04. The van der Waals surface area contributed by atoms with Gasteiger partial charge in [-0.05, 0) is 31.2 Å². The van der Waals surface area contributed by atoms with Crippen molar-refractivity contribution in [2.45, 2.75) is 32.1 Å². The first-order chi connectivity index (χ1) is 6.27. The monoisotopic (exact) mass is 179 g/mol. The minimum atomic E-state index is -0.306. The first kappa shape index (κ1) is 8.29. The second-order valence-electron chi connectivity index (χ2n) is 3.48. The molecule has 3 N–H and O–H groups in total. The number of rotatable bonds is 2. The van der Waals surface area contributed by atoms with Gasteiger partial charge in [0.2, 0.25) is 5.91 Å². The maximum atomic E-state index is 10.7. The van der Waals surface area contributed by atoms with Gasteiger partial charge in [0.25, 0.3) is 0 Å². The van der Waals surface area contributed by atoms with Gasteiger partial charge in [-0.1, -0.05) is 0 Å². The molecule has 0 spiro atoms. The topological polar surface area (TPSA) is 71.8 Å². The SMILES string of the molecule is NC(=O)Cc1n[nH]c2c1CCCC2. The Balaban J connectivity index is 2.26. The number of fused-ring (bicyclic) bond motifs is 1. The molecule has 13 heavy (non-hydrogen) atoms. The third-order valence-electron chi connectivity index (χ3n) is 2.48. The van der Waals surface area contributed by atoms with Gasteiger partial charge in [0.15, 0.2) is 0 Å². The van der Waals surface area contributed by atoms with Crippen LogP contribution in [0, 0.1) is 0 Å². The summed E-state index contributed by atoms with van der Waals surface area (Å²) in [7, 11) is 0. The summed E-state index contributed by atoms with van der Waals surface area (Å²) in [6, 6.07) is 0. The summed E-state index contributed by atoms with van der Waals surface area (Å²) >= 11 is 0. The molecule has 4 heteroatoms. The zero-order chi connectivity index (χ0) is 9.26. The van der Waals surface area contributed by atoms with E-state index in [4.69, 9.17) is 5.73 Å². The van der Waals surface area contributed by atoms with Crippen LogP contribution in [-0.2, 0) is 24.1 Å². The standard InChI is InChI=1S/C9H13N3O/c10-9(13)5-8-6-3-1-2-4-7(6)11-12-8/h1-5H2,(H2,10,13)(H,11,12). The molecular weight excluding hydrogens is 166 g/mol.